The van der Waals surface area contributed by atoms with Crippen LogP contribution in [-0.2, 0) is 4.79 Å². The Hall–Kier alpha value is -1.04. The summed E-state index contributed by atoms with van der Waals surface area (Å²) >= 11 is 0. The fraction of sp³-hybridized carbons (Fsp3) is 0.818. The van der Waals surface area contributed by atoms with Gasteiger partial charge < -0.3 is 4.90 Å². The van der Waals surface area contributed by atoms with Gasteiger partial charge in [0.2, 0.25) is 5.91 Å². The van der Waals surface area contributed by atoms with Crippen molar-refractivity contribution >= 4 is 5.91 Å². The smallest absolute Gasteiger partial charge is 0.225 e. The maximum atomic E-state index is 11.9. The first-order chi connectivity index (χ1) is 6.57. The normalized spacial score (nSPS) is 19.6. The molecule has 2 unspecified atom stereocenters. The molecule has 0 aliphatic heterocycles. The second-order valence-electron chi connectivity index (χ2n) is 4.29. The van der Waals surface area contributed by atoms with Crippen LogP contribution in [0.3, 0.4) is 0 Å². The molecular weight excluding hydrogens is 176 g/mol. The average molecular weight is 194 g/mol. The van der Waals surface area contributed by atoms with Crippen LogP contribution in [0.5, 0.6) is 0 Å². The van der Waals surface area contributed by atoms with Crippen molar-refractivity contribution < 1.29 is 4.79 Å². The molecule has 1 fully saturated rings. The Labute approximate surface area is 85.7 Å². The lowest BCUT2D eigenvalue weighted by Gasteiger charge is -2.26. The zero-order valence-corrected chi connectivity index (χ0v) is 9.16. The summed E-state index contributed by atoms with van der Waals surface area (Å²) < 4.78 is 0. The summed E-state index contributed by atoms with van der Waals surface area (Å²) in [6, 6.07) is 2.13. The summed E-state index contributed by atoms with van der Waals surface area (Å²) in [6.07, 6.45) is 2.79. The van der Waals surface area contributed by atoms with E-state index >= 15 is 0 Å². The first-order valence-corrected chi connectivity index (χ1v) is 5.21. The number of carbonyl (C=O) groups excluding carboxylic acids is 1. The number of carbonyl (C=O) groups is 1. The first-order valence-electron chi connectivity index (χ1n) is 5.21. The minimum Gasteiger partial charge on any atom is -0.342 e. The molecule has 3 nitrogen and oxygen atoms in total. The highest BCUT2D eigenvalue weighted by atomic mass is 16.2. The molecule has 1 rings (SSSR count). The minimum absolute atomic E-state index is 0.0358. The van der Waals surface area contributed by atoms with Crippen molar-refractivity contribution in [1.82, 2.24) is 4.90 Å². The van der Waals surface area contributed by atoms with Gasteiger partial charge in [0, 0.05) is 19.0 Å². The average Bonchev–Trinajstić information content (AvgIpc) is 2.98. The van der Waals surface area contributed by atoms with Gasteiger partial charge in [-0.2, -0.15) is 5.26 Å². The van der Waals surface area contributed by atoms with Crippen molar-refractivity contribution in [1.29, 1.82) is 5.26 Å². The highest BCUT2D eigenvalue weighted by molar-refractivity contribution is 5.79. The van der Waals surface area contributed by atoms with E-state index < -0.39 is 0 Å². The van der Waals surface area contributed by atoms with Crippen molar-refractivity contribution in [2.24, 2.45) is 11.8 Å². The third kappa shape index (κ3) is 2.47. The second kappa shape index (κ2) is 4.45. The fourth-order valence-electron chi connectivity index (χ4n) is 1.61. The van der Waals surface area contributed by atoms with E-state index in [1.807, 2.05) is 13.8 Å². The van der Waals surface area contributed by atoms with E-state index in [4.69, 9.17) is 5.26 Å². The Morgan fingerprint density at radius 3 is 2.57 bits per heavy atom. The van der Waals surface area contributed by atoms with E-state index in [9.17, 15) is 4.79 Å². The van der Waals surface area contributed by atoms with Crippen LogP contribution in [0.4, 0.5) is 0 Å². The van der Waals surface area contributed by atoms with Gasteiger partial charge in [-0.25, -0.2) is 0 Å². The van der Waals surface area contributed by atoms with Crippen LogP contribution in [0.25, 0.3) is 0 Å². The van der Waals surface area contributed by atoms with Gasteiger partial charge in [-0.15, -0.1) is 0 Å². The van der Waals surface area contributed by atoms with Crippen molar-refractivity contribution in [3.8, 4) is 6.07 Å². The molecule has 0 bridgehead atoms. The van der Waals surface area contributed by atoms with Gasteiger partial charge in [-0.1, -0.05) is 6.92 Å². The maximum Gasteiger partial charge on any atom is 0.225 e. The quantitative estimate of drug-likeness (QED) is 0.685. The van der Waals surface area contributed by atoms with Crippen molar-refractivity contribution in [2.45, 2.75) is 39.2 Å². The Morgan fingerprint density at radius 1 is 1.57 bits per heavy atom. The zero-order valence-electron chi connectivity index (χ0n) is 9.16. The molecule has 0 aromatic heterocycles. The maximum absolute atomic E-state index is 11.9. The lowest BCUT2D eigenvalue weighted by Crippen LogP contribution is -2.38. The van der Waals surface area contributed by atoms with E-state index in [0.29, 0.717) is 12.3 Å². The summed E-state index contributed by atoms with van der Waals surface area (Å²) in [6.45, 7) is 3.91. The molecule has 14 heavy (non-hydrogen) atoms. The number of rotatable bonds is 4. The summed E-state index contributed by atoms with van der Waals surface area (Å²) in [5, 5.41) is 8.54. The first kappa shape index (κ1) is 11.0. The van der Waals surface area contributed by atoms with Gasteiger partial charge in [-0.05, 0) is 25.7 Å². The number of nitrogens with zero attached hydrogens (tertiary/aromatic N) is 2. The SMILES string of the molecule is CC(C(=O)N(C)C(C)CC#N)C1CC1. The Bertz CT molecular complexity index is 253. The molecule has 1 aliphatic rings. The Balaban J connectivity index is 2.46. The van der Waals surface area contributed by atoms with Crippen LogP contribution in [0.2, 0.25) is 0 Å². The minimum atomic E-state index is 0.0358. The molecule has 3 heteroatoms. The summed E-state index contributed by atoms with van der Waals surface area (Å²) in [4.78, 5) is 13.6. The highest BCUT2D eigenvalue weighted by Gasteiger charge is 2.34. The third-order valence-electron chi connectivity index (χ3n) is 3.11. The Kier molecular flexibility index (Phi) is 3.51. The van der Waals surface area contributed by atoms with E-state index in [1.54, 1.807) is 11.9 Å². The number of amides is 1. The topological polar surface area (TPSA) is 44.1 Å². The highest BCUT2D eigenvalue weighted by Crippen LogP contribution is 2.37. The van der Waals surface area contributed by atoms with E-state index in [-0.39, 0.29) is 17.9 Å². The van der Waals surface area contributed by atoms with Crippen molar-refractivity contribution in [3.63, 3.8) is 0 Å². The van der Waals surface area contributed by atoms with Crippen LogP contribution < -0.4 is 0 Å². The molecular formula is C11H18N2O. The molecule has 0 aromatic carbocycles. The van der Waals surface area contributed by atoms with Crippen molar-refractivity contribution in [3.05, 3.63) is 0 Å². The molecule has 0 radical (unpaired) electrons. The standard InChI is InChI=1S/C11H18N2O/c1-8(6-7-12)13(3)11(14)9(2)10-4-5-10/h8-10H,4-6H2,1-3H3. The van der Waals surface area contributed by atoms with Gasteiger partial charge in [0.05, 0.1) is 12.5 Å². The van der Waals surface area contributed by atoms with Crippen molar-refractivity contribution in [2.75, 3.05) is 7.05 Å². The molecule has 0 heterocycles. The van der Waals surface area contributed by atoms with E-state index in [1.165, 1.54) is 12.8 Å². The molecule has 0 spiro atoms. The molecule has 78 valence electrons. The van der Waals surface area contributed by atoms with Gasteiger partial charge in [-0.3, -0.25) is 4.79 Å². The molecule has 0 aromatic rings. The summed E-state index contributed by atoms with van der Waals surface area (Å²) in [5.74, 6) is 0.927. The molecule has 2 atom stereocenters. The number of nitriles is 1. The lowest BCUT2D eigenvalue weighted by atomic mass is 10.0. The predicted molar refractivity (Wildman–Crippen MR) is 54.4 cm³/mol. The van der Waals surface area contributed by atoms with Gasteiger partial charge in [0.25, 0.3) is 0 Å². The van der Waals surface area contributed by atoms with Crippen LogP contribution in [0, 0.1) is 23.2 Å². The third-order valence-corrected chi connectivity index (χ3v) is 3.11. The molecule has 0 N–H and O–H groups in total. The fourth-order valence-corrected chi connectivity index (χ4v) is 1.61. The Morgan fingerprint density at radius 2 is 2.14 bits per heavy atom. The van der Waals surface area contributed by atoms with E-state index in [2.05, 4.69) is 6.07 Å². The van der Waals surface area contributed by atoms with Gasteiger partial charge in [0.1, 0.15) is 0 Å². The van der Waals surface area contributed by atoms with E-state index in [0.717, 1.165) is 0 Å². The lowest BCUT2D eigenvalue weighted by molar-refractivity contribution is -0.136. The summed E-state index contributed by atoms with van der Waals surface area (Å²) in [7, 11) is 1.79. The van der Waals surface area contributed by atoms with Gasteiger partial charge in [0.15, 0.2) is 0 Å². The predicted octanol–water partition coefficient (Wildman–Crippen LogP) is 1.79. The largest absolute Gasteiger partial charge is 0.342 e. The van der Waals surface area contributed by atoms with Crippen LogP contribution in [-0.4, -0.2) is 23.9 Å². The van der Waals surface area contributed by atoms with Gasteiger partial charge >= 0.3 is 0 Å². The second-order valence-corrected chi connectivity index (χ2v) is 4.29. The monoisotopic (exact) mass is 194 g/mol. The molecule has 0 saturated heterocycles. The molecule has 1 amide bonds. The van der Waals surface area contributed by atoms with Crippen LogP contribution >= 0.6 is 0 Å². The zero-order chi connectivity index (χ0) is 10.7. The van der Waals surface area contributed by atoms with Crippen LogP contribution in [0.15, 0.2) is 0 Å². The number of hydrogen-bond acceptors (Lipinski definition) is 2. The van der Waals surface area contributed by atoms with Crippen LogP contribution in [0.1, 0.15) is 33.1 Å². The molecule has 1 aliphatic carbocycles. The number of hydrogen-bond donors (Lipinski definition) is 0. The summed E-state index contributed by atoms with van der Waals surface area (Å²) in [5.41, 5.74) is 0. The molecule has 1 saturated carbocycles.